The van der Waals surface area contributed by atoms with Crippen molar-refractivity contribution in [2.45, 2.75) is 19.0 Å². The summed E-state index contributed by atoms with van der Waals surface area (Å²) < 4.78 is 31.7. The van der Waals surface area contributed by atoms with Crippen molar-refractivity contribution in [2.75, 3.05) is 24.5 Å². The van der Waals surface area contributed by atoms with E-state index in [1.165, 1.54) is 11.3 Å². The molecule has 2 aliphatic rings. The number of rotatable bonds is 2. The van der Waals surface area contributed by atoms with Gasteiger partial charge in [0, 0.05) is 43.0 Å². The number of nitrogens with zero attached hydrogens (tertiary/aromatic N) is 3. The second-order valence-corrected chi connectivity index (χ2v) is 7.94. The first kappa shape index (κ1) is 21.8. The molecule has 160 valence electrons. The van der Waals surface area contributed by atoms with E-state index < -0.39 is 12.1 Å². The summed E-state index contributed by atoms with van der Waals surface area (Å²) in [4.78, 5) is 41.6. The maximum atomic E-state index is 12.5. The molecular weight excluding hydrogens is 423 g/mol. The summed E-state index contributed by atoms with van der Waals surface area (Å²) in [6, 6.07) is 5.61. The Balaban J connectivity index is 0.000000318. The predicted molar refractivity (Wildman–Crippen MR) is 102 cm³/mol. The number of carboxylic acid groups (broad SMARTS) is 1. The molecule has 0 aromatic carbocycles. The number of hydrogen-bond acceptors (Lipinski definition) is 5. The van der Waals surface area contributed by atoms with E-state index in [1.807, 2.05) is 38.8 Å². The average molecular weight is 441 g/mol. The largest absolute Gasteiger partial charge is 0.490 e. The van der Waals surface area contributed by atoms with Gasteiger partial charge in [-0.15, -0.1) is 0 Å². The number of likely N-dealkylation sites (tertiary alicyclic amines) is 1. The van der Waals surface area contributed by atoms with Crippen LogP contribution in [0.1, 0.15) is 23.2 Å². The molecule has 1 spiro atoms. The summed E-state index contributed by atoms with van der Waals surface area (Å²) in [5, 5.41) is 10.9. The Labute approximate surface area is 173 Å². The van der Waals surface area contributed by atoms with Gasteiger partial charge in [0.25, 0.3) is 5.91 Å². The van der Waals surface area contributed by atoms with Crippen molar-refractivity contribution in [3.8, 4) is 0 Å². The molecule has 1 unspecified atom stereocenters. The standard InChI is InChI=1S/C17H17N3O2S.C2HF3O2/c21-15-8-17(12-20(15)14-2-1-5-18-9-14)4-6-19(11-17)16(22)13-3-7-23-10-13;3-2(4,5)1(6)7/h1-3,5,7,9-10H,4,6,8,11-12H2;(H,6,7). The molecule has 30 heavy (non-hydrogen) atoms. The van der Waals surface area contributed by atoms with Gasteiger partial charge in [-0.2, -0.15) is 24.5 Å². The second kappa shape index (κ2) is 8.42. The minimum atomic E-state index is -5.08. The zero-order valence-corrected chi connectivity index (χ0v) is 16.4. The van der Waals surface area contributed by atoms with Crippen LogP contribution in [-0.2, 0) is 9.59 Å². The van der Waals surface area contributed by atoms with Gasteiger partial charge in [-0.3, -0.25) is 14.6 Å². The van der Waals surface area contributed by atoms with E-state index in [2.05, 4.69) is 4.98 Å². The number of anilines is 1. The smallest absolute Gasteiger partial charge is 0.475 e. The number of aromatic nitrogens is 1. The highest BCUT2D eigenvalue weighted by Crippen LogP contribution is 2.42. The first-order chi connectivity index (χ1) is 14.1. The minimum Gasteiger partial charge on any atom is -0.475 e. The van der Waals surface area contributed by atoms with E-state index in [0.717, 1.165) is 24.2 Å². The number of halogens is 3. The number of alkyl halides is 3. The van der Waals surface area contributed by atoms with Crippen LogP contribution in [0.3, 0.4) is 0 Å². The maximum absolute atomic E-state index is 12.5. The normalized spacial score (nSPS) is 21.0. The Morgan fingerprint density at radius 2 is 1.97 bits per heavy atom. The third-order valence-electron chi connectivity index (χ3n) is 5.01. The molecule has 2 aromatic heterocycles. The summed E-state index contributed by atoms with van der Waals surface area (Å²) in [5.74, 6) is -2.55. The molecule has 7 nitrogen and oxygen atoms in total. The van der Waals surface area contributed by atoms with Crippen molar-refractivity contribution < 1.29 is 32.7 Å². The number of hydrogen-bond donors (Lipinski definition) is 1. The Bertz CT molecular complexity index is 921. The SMILES string of the molecule is O=C(O)C(F)(F)F.O=C(c1ccsc1)N1CCC2(CC(=O)N(c3cccnc3)C2)C1. The molecule has 0 radical (unpaired) electrons. The van der Waals surface area contributed by atoms with Crippen LogP contribution < -0.4 is 4.90 Å². The Kier molecular flexibility index (Phi) is 6.11. The first-order valence-electron chi connectivity index (χ1n) is 8.93. The third-order valence-corrected chi connectivity index (χ3v) is 5.70. The summed E-state index contributed by atoms with van der Waals surface area (Å²) in [7, 11) is 0. The highest BCUT2D eigenvalue weighted by Gasteiger charge is 2.48. The molecule has 2 aromatic rings. The molecule has 1 atom stereocenters. The number of thiophene rings is 1. The molecule has 0 aliphatic carbocycles. The van der Waals surface area contributed by atoms with Crippen molar-refractivity contribution in [1.82, 2.24) is 9.88 Å². The van der Waals surface area contributed by atoms with E-state index in [0.29, 0.717) is 19.5 Å². The zero-order chi connectivity index (χ0) is 21.9. The van der Waals surface area contributed by atoms with Crippen LogP contribution in [0.4, 0.5) is 18.9 Å². The highest BCUT2D eigenvalue weighted by atomic mass is 32.1. The molecule has 4 rings (SSSR count). The fourth-order valence-electron chi connectivity index (χ4n) is 3.59. The summed E-state index contributed by atoms with van der Waals surface area (Å²) in [6.45, 7) is 2.05. The van der Waals surface area contributed by atoms with Crippen LogP contribution in [0, 0.1) is 5.41 Å². The van der Waals surface area contributed by atoms with Crippen LogP contribution >= 0.6 is 11.3 Å². The molecule has 11 heteroatoms. The molecular formula is C19H18F3N3O4S. The number of pyridine rings is 1. The summed E-state index contributed by atoms with van der Waals surface area (Å²) >= 11 is 1.53. The van der Waals surface area contributed by atoms with Crippen LogP contribution in [-0.4, -0.2) is 58.6 Å². The number of aliphatic carboxylic acids is 1. The highest BCUT2D eigenvalue weighted by molar-refractivity contribution is 7.08. The fourth-order valence-corrected chi connectivity index (χ4v) is 4.22. The molecule has 2 fully saturated rings. The second-order valence-electron chi connectivity index (χ2n) is 7.16. The fraction of sp³-hybridized carbons (Fsp3) is 0.368. The molecule has 2 saturated heterocycles. The Hall–Kier alpha value is -2.95. The average Bonchev–Trinajstić information content (AvgIpc) is 3.43. The lowest BCUT2D eigenvalue weighted by atomic mass is 9.86. The van der Waals surface area contributed by atoms with Gasteiger partial charge < -0.3 is 14.9 Å². The van der Waals surface area contributed by atoms with Gasteiger partial charge in [-0.05, 0) is 30.0 Å². The van der Waals surface area contributed by atoms with Crippen molar-refractivity contribution in [2.24, 2.45) is 5.41 Å². The lowest BCUT2D eigenvalue weighted by Gasteiger charge is -2.24. The van der Waals surface area contributed by atoms with Gasteiger partial charge in [0.15, 0.2) is 0 Å². The monoisotopic (exact) mass is 441 g/mol. The maximum Gasteiger partial charge on any atom is 0.490 e. The quantitative estimate of drug-likeness (QED) is 0.774. The number of carbonyl (C=O) groups is 3. The van der Waals surface area contributed by atoms with Gasteiger partial charge >= 0.3 is 12.1 Å². The number of carbonyl (C=O) groups excluding carboxylic acids is 2. The van der Waals surface area contributed by atoms with Crippen LogP contribution in [0.25, 0.3) is 0 Å². The van der Waals surface area contributed by atoms with Crippen molar-refractivity contribution >= 4 is 34.8 Å². The van der Waals surface area contributed by atoms with Crippen molar-refractivity contribution in [1.29, 1.82) is 0 Å². The van der Waals surface area contributed by atoms with E-state index in [-0.39, 0.29) is 17.2 Å². The van der Waals surface area contributed by atoms with Gasteiger partial charge in [-0.25, -0.2) is 4.79 Å². The van der Waals surface area contributed by atoms with Crippen LogP contribution in [0.15, 0.2) is 41.4 Å². The lowest BCUT2D eigenvalue weighted by Crippen LogP contribution is -2.34. The molecule has 2 aliphatic heterocycles. The lowest BCUT2D eigenvalue weighted by molar-refractivity contribution is -0.192. The van der Waals surface area contributed by atoms with Gasteiger partial charge in [-0.1, -0.05) is 0 Å². The van der Waals surface area contributed by atoms with E-state index >= 15 is 0 Å². The van der Waals surface area contributed by atoms with E-state index in [1.54, 1.807) is 12.4 Å². The van der Waals surface area contributed by atoms with E-state index in [9.17, 15) is 22.8 Å². The van der Waals surface area contributed by atoms with Gasteiger partial charge in [0.1, 0.15) is 0 Å². The van der Waals surface area contributed by atoms with Crippen molar-refractivity contribution in [3.63, 3.8) is 0 Å². The molecule has 1 N–H and O–H groups in total. The zero-order valence-electron chi connectivity index (χ0n) is 15.6. The Morgan fingerprint density at radius 1 is 1.23 bits per heavy atom. The van der Waals surface area contributed by atoms with Gasteiger partial charge in [0.2, 0.25) is 5.91 Å². The van der Waals surface area contributed by atoms with E-state index in [4.69, 9.17) is 9.90 Å². The molecule has 4 heterocycles. The summed E-state index contributed by atoms with van der Waals surface area (Å²) in [6.07, 6.45) is -0.266. The van der Waals surface area contributed by atoms with Crippen molar-refractivity contribution in [3.05, 3.63) is 46.9 Å². The predicted octanol–water partition coefficient (Wildman–Crippen LogP) is 3.05. The van der Waals surface area contributed by atoms with Crippen LogP contribution in [0.2, 0.25) is 0 Å². The summed E-state index contributed by atoms with van der Waals surface area (Å²) in [5.41, 5.74) is 1.48. The van der Waals surface area contributed by atoms with Crippen LogP contribution in [0.5, 0.6) is 0 Å². The van der Waals surface area contributed by atoms with Gasteiger partial charge in [0.05, 0.1) is 17.4 Å². The third kappa shape index (κ3) is 4.78. The number of carboxylic acids is 1. The topological polar surface area (TPSA) is 90.8 Å². The number of amides is 2. The first-order valence-corrected chi connectivity index (χ1v) is 9.88. The Morgan fingerprint density at radius 3 is 2.53 bits per heavy atom. The molecule has 0 saturated carbocycles. The minimum absolute atomic E-state index is 0.0791. The molecule has 2 amide bonds. The molecule has 0 bridgehead atoms.